The Morgan fingerprint density at radius 3 is 2.15 bits per heavy atom. The first-order valence-corrected chi connectivity index (χ1v) is 8.19. The van der Waals surface area contributed by atoms with Crippen LogP contribution in [0.15, 0.2) is 0 Å². The van der Waals surface area contributed by atoms with Crippen LogP contribution in [0.4, 0.5) is 0 Å². The molecule has 2 fully saturated rings. The second-order valence-electron chi connectivity index (χ2n) is 9.57. The molecule has 2 aliphatic rings. The lowest BCUT2D eigenvalue weighted by atomic mass is 9.70. The van der Waals surface area contributed by atoms with Gasteiger partial charge in [0.2, 0.25) is 0 Å². The Hall–Kier alpha value is -0.530. The Kier molecular flexibility index (Phi) is 3.99. The monoisotopic (exact) mass is 280 g/mol. The lowest BCUT2D eigenvalue weighted by Gasteiger charge is -2.32. The molecule has 2 nitrogen and oxygen atoms in total. The molecule has 1 aliphatic heterocycles. The van der Waals surface area contributed by atoms with E-state index < -0.39 is 0 Å². The summed E-state index contributed by atoms with van der Waals surface area (Å²) in [6.07, 6.45) is 5.59. The van der Waals surface area contributed by atoms with Crippen molar-refractivity contribution in [3.8, 4) is 0 Å². The van der Waals surface area contributed by atoms with E-state index in [1.807, 2.05) is 0 Å². The van der Waals surface area contributed by atoms with Gasteiger partial charge in [-0.05, 0) is 54.8 Å². The number of cyclic esters (lactones) is 1. The molecule has 1 spiro atoms. The molecule has 2 rings (SSSR count). The summed E-state index contributed by atoms with van der Waals surface area (Å²) in [5.74, 6) is 1.31. The zero-order valence-corrected chi connectivity index (χ0v) is 14.2. The quantitative estimate of drug-likeness (QED) is 0.678. The van der Waals surface area contributed by atoms with Crippen molar-refractivity contribution in [1.82, 2.24) is 0 Å². The minimum absolute atomic E-state index is 0.100. The van der Waals surface area contributed by atoms with Gasteiger partial charge in [-0.2, -0.15) is 0 Å². The maximum Gasteiger partial charge on any atom is 0.312 e. The number of esters is 1. The summed E-state index contributed by atoms with van der Waals surface area (Å²) in [6.45, 7) is 14.4. The number of ether oxygens (including phenoxy) is 1. The molecule has 0 bridgehead atoms. The molecule has 116 valence electrons. The number of rotatable bonds is 2. The predicted molar refractivity (Wildman–Crippen MR) is 82.4 cm³/mol. The van der Waals surface area contributed by atoms with Crippen LogP contribution < -0.4 is 0 Å². The predicted octanol–water partition coefficient (Wildman–Crippen LogP) is 4.82. The largest absolute Gasteiger partial charge is 0.465 e. The molecular formula is C18H32O2. The topological polar surface area (TPSA) is 26.3 Å². The van der Waals surface area contributed by atoms with Crippen LogP contribution in [0.1, 0.15) is 73.6 Å². The third kappa shape index (κ3) is 3.38. The first-order chi connectivity index (χ1) is 9.02. The van der Waals surface area contributed by atoms with Gasteiger partial charge in [0.25, 0.3) is 0 Å². The molecule has 3 unspecified atom stereocenters. The zero-order chi connectivity index (χ0) is 15.2. The second-order valence-corrected chi connectivity index (χ2v) is 9.57. The SMILES string of the molecule is CC(C)(C)CC1CC(CC(C)(C)C)C2(CCOC2=O)C1. The Bertz CT molecular complexity index is 372. The highest BCUT2D eigenvalue weighted by Crippen LogP contribution is 2.57. The molecule has 0 radical (unpaired) electrons. The standard InChI is InChI=1S/C18H32O2/c1-16(2,3)10-13-9-14(12-17(4,5)6)18(11-13)7-8-20-15(18)19/h13-14H,7-12H2,1-6H3. The normalized spacial score (nSPS) is 34.8. The van der Waals surface area contributed by atoms with Crippen LogP contribution in [-0.4, -0.2) is 12.6 Å². The molecule has 2 heteroatoms. The molecule has 0 N–H and O–H groups in total. The maximum atomic E-state index is 12.4. The summed E-state index contributed by atoms with van der Waals surface area (Å²) in [6, 6.07) is 0. The van der Waals surface area contributed by atoms with Crippen LogP contribution in [0.5, 0.6) is 0 Å². The van der Waals surface area contributed by atoms with E-state index in [0.717, 1.165) is 19.3 Å². The van der Waals surface area contributed by atoms with Crippen molar-refractivity contribution in [1.29, 1.82) is 0 Å². The molecule has 0 aromatic carbocycles. The van der Waals surface area contributed by atoms with E-state index in [1.165, 1.54) is 12.8 Å². The number of hydrogen-bond donors (Lipinski definition) is 0. The van der Waals surface area contributed by atoms with Gasteiger partial charge in [-0.1, -0.05) is 41.5 Å². The molecule has 0 amide bonds. The molecule has 3 atom stereocenters. The number of carbonyl (C=O) groups excluding carboxylic acids is 1. The van der Waals surface area contributed by atoms with Crippen molar-refractivity contribution >= 4 is 5.97 Å². The van der Waals surface area contributed by atoms with Gasteiger partial charge in [0.05, 0.1) is 12.0 Å². The summed E-state index contributed by atoms with van der Waals surface area (Å²) in [7, 11) is 0. The summed E-state index contributed by atoms with van der Waals surface area (Å²) in [5.41, 5.74) is 0.491. The lowest BCUT2D eigenvalue weighted by Crippen LogP contribution is -2.33. The van der Waals surface area contributed by atoms with Gasteiger partial charge in [-0.15, -0.1) is 0 Å². The average Bonchev–Trinajstić information content (AvgIpc) is 2.69. The van der Waals surface area contributed by atoms with E-state index in [1.54, 1.807) is 0 Å². The number of carbonyl (C=O) groups is 1. The molecule has 1 aliphatic carbocycles. The third-order valence-corrected chi connectivity index (χ3v) is 5.00. The fourth-order valence-corrected chi connectivity index (χ4v) is 4.56. The van der Waals surface area contributed by atoms with E-state index in [9.17, 15) is 4.79 Å². The number of hydrogen-bond acceptors (Lipinski definition) is 2. The Morgan fingerprint density at radius 1 is 1.10 bits per heavy atom. The van der Waals surface area contributed by atoms with Gasteiger partial charge < -0.3 is 4.74 Å². The van der Waals surface area contributed by atoms with Crippen molar-refractivity contribution in [2.24, 2.45) is 28.1 Å². The summed E-state index contributed by atoms with van der Waals surface area (Å²) >= 11 is 0. The first kappa shape index (κ1) is 15.9. The second kappa shape index (κ2) is 5.03. The van der Waals surface area contributed by atoms with Gasteiger partial charge in [0.1, 0.15) is 0 Å². The molecular weight excluding hydrogens is 248 g/mol. The van der Waals surface area contributed by atoms with Crippen molar-refractivity contribution in [3.05, 3.63) is 0 Å². The van der Waals surface area contributed by atoms with Gasteiger partial charge in [-0.3, -0.25) is 4.79 Å². The molecule has 0 aromatic rings. The van der Waals surface area contributed by atoms with Crippen LogP contribution >= 0.6 is 0 Å². The van der Waals surface area contributed by atoms with Gasteiger partial charge >= 0.3 is 5.97 Å². The fourth-order valence-electron chi connectivity index (χ4n) is 4.56. The molecule has 20 heavy (non-hydrogen) atoms. The van der Waals surface area contributed by atoms with E-state index >= 15 is 0 Å². The van der Waals surface area contributed by atoms with E-state index in [2.05, 4.69) is 41.5 Å². The highest BCUT2D eigenvalue weighted by molar-refractivity contribution is 5.79. The van der Waals surface area contributed by atoms with Gasteiger partial charge in [0, 0.05) is 0 Å². The first-order valence-electron chi connectivity index (χ1n) is 8.19. The Morgan fingerprint density at radius 2 is 1.70 bits per heavy atom. The van der Waals surface area contributed by atoms with Crippen molar-refractivity contribution in [2.75, 3.05) is 6.61 Å². The molecule has 1 saturated heterocycles. The molecule has 0 aromatic heterocycles. The summed E-state index contributed by atoms with van der Waals surface area (Å²) in [5, 5.41) is 0. The van der Waals surface area contributed by atoms with Crippen molar-refractivity contribution in [3.63, 3.8) is 0 Å². The highest BCUT2D eigenvalue weighted by atomic mass is 16.5. The Balaban J connectivity index is 2.17. The molecule has 1 saturated carbocycles. The van der Waals surface area contributed by atoms with Crippen LogP contribution in [0.25, 0.3) is 0 Å². The smallest absolute Gasteiger partial charge is 0.312 e. The van der Waals surface area contributed by atoms with Crippen LogP contribution in [-0.2, 0) is 9.53 Å². The minimum atomic E-state index is -0.150. The van der Waals surface area contributed by atoms with Crippen LogP contribution in [0, 0.1) is 28.1 Å². The maximum absolute atomic E-state index is 12.4. The van der Waals surface area contributed by atoms with Gasteiger partial charge in [0.15, 0.2) is 0 Å². The fraction of sp³-hybridized carbons (Fsp3) is 0.944. The summed E-state index contributed by atoms with van der Waals surface area (Å²) in [4.78, 5) is 12.4. The van der Waals surface area contributed by atoms with Crippen LogP contribution in [0.2, 0.25) is 0 Å². The molecule has 1 heterocycles. The summed E-state index contributed by atoms with van der Waals surface area (Å²) < 4.78 is 5.37. The highest BCUT2D eigenvalue weighted by Gasteiger charge is 2.56. The van der Waals surface area contributed by atoms with Crippen molar-refractivity contribution in [2.45, 2.75) is 73.6 Å². The third-order valence-electron chi connectivity index (χ3n) is 5.00. The minimum Gasteiger partial charge on any atom is -0.465 e. The average molecular weight is 280 g/mol. The van der Waals surface area contributed by atoms with E-state index in [-0.39, 0.29) is 16.8 Å². The van der Waals surface area contributed by atoms with E-state index in [4.69, 9.17) is 4.74 Å². The van der Waals surface area contributed by atoms with Crippen LogP contribution in [0.3, 0.4) is 0 Å². The van der Waals surface area contributed by atoms with Gasteiger partial charge in [-0.25, -0.2) is 0 Å². The lowest BCUT2D eigenvalue weighted by molar-refractivity contribution is -0.148. The van der Waals surface area contributed by atoms with E-state index in [0.29, 0.717) is 23.9 Å². The zero-order valence-electron chi connectivity index (χ0n) is 14.2. The Labute approximate surface area is 124 Å². The van der Waals surface area contributed by atoms with Crippen molar-refractivity contribution < 1.29 is 9.53 Å².